The van der Waals surface area contributed by atoms with Gasteiger partial charge in [-0.3, -0.25) is 9.89 Å². The molecule has 1 saturated heterocycles. The quantitative estimate of drug-likeness (QED) is 0.527. The summed E-state index contributed by atoms with van der Waals surface area (Å²) in [5.41, 5.74) is -0.112. The van der Waals surface area contributed by atoms with Crippen LogP contribution in [0.2, 0.25) is 4.34 Å². The maximum atomic E-state index is 11.4. The summed E-state index contributed by atoms with van der Waals surface area (Å²) in [6, 6.07) is 4.05. The van der Waals surface area contributed by atoms with Gasteiger partial charge >= 0.3 is 0 Å². The first-order valence-electron chi connectivity index (χ1n) is 9.18. The van der Waals surface area contributed by atoms with Gasteiger partial charge < -0.3 is 10.2 Å². The molecule has 1 aliphatic heterocycles. The van der Waals surface area contributed by atoms with Gasteiger partial charge in [-0.1, -0.05) is 25.4 Å². The van der Waals surface area contributed by atoms with Gasteiger partial charge in [-0.05, 0) is 24.0 Å². The summed E-state index contributed by atoms with van der Waals surface area (Å²) >= 11 is 7.66. The summed E-state index contributed by atoms with van der Waals surface area (Å²) < 4.78 is 23.7. The van der Waals surface area contributed by atoms with Crippen LogP contribution in [0.25, 0.3) is 0 Å². The molecular formula is C18H31ClN4O2S2. The summed E-state index contributed by atoms with van der Waals surface area (Å²) in [6.45, 7) is 9.61. The molecule has 1 fully saturated rings. The second kappa shape index (κ2) is 9.58. The first-order chi connectivity index (χ1) is 12.6. The number of halogens is 1. The van der Waals surface area contributed by atoms with E-state index in [2.05, 4.69) is 40.0 Å². The normalized spacial score (nSPS) is 17.4. The van der Waals surface area contributed by atoms with Crippen LogP contribution in [-0.4, -0.2) is 76.0 Å². The number of guanidine groups is 1. The molecule has 1 aromatic heterocycles. The zero-order chi connectivity index (χ0) is 20.1. The van der Waals surface area contributed by atoms with Crippen molar-refractivity contribution in [2.75, 3.05) is 51.8 Å². The fourth-order valence-corrected chi connectivity index (χ4v) is 5.03. The van der Waals surface area contributed by atoms with Gasteiger partial charge in [0.15, 0.2) is 5.96 Å². The highest BCUT2D eigenvalue weighted by molar-refractivity contribution is 7.90. The van der Waals surface area contributed by atoms with E-state index in [-0.39, 0.29) is 11.2 Å². The Balaban J connectivity index is 1.79. The number of hydrogen-bond donors (Lipinski definition) is 1. The molecule has 0 saturated carbocycles. The van der Waals surface area contributed by atoms with Crippen molar-refractivity contribution in [1.29, 1.82) is 0 Å². The summed E-state index contributed by atoms with van der Waals surface area (Å²) in [5, 5.41) is 3.43. The molecule has 0 atom stereocenters. The molecule has 2 heterocycles. The Morgan fingerprint density at radius 3 is 2.48 bits per heavy atom. The van der Waals surface area contributed by atoms with Crippen molar-refractivity contribution in [3.63, 3.8) is 0 Å². The summed E-state index contributed by atoms with van der Waals surface area (Å²) in [7, 11) is -1.14. The Labute approximate surface area is 172 Å². The van der Waals surface area contributed by atoms with Crippen LogP contribution in [0.15, 0.2) is 17.1 Å². The molecule has 1 aliphatic rings. The molecule has 0 aromatic carbocycles. The minimum Gasteiger partial charge on any atom is -0.356 e. The number of aliphatic imine (C=N–C) groups is 1. The SMILES string of the molecule is CN=C(NCC(C)(C)CCS(C)(=O)=O)N1CCN(Cc2ccc(Cl)s2)CC1. The van der Waals surface area contributed by atoms with Crippen molar-refractivity contribution in [2.24, 2.45) is 10.4 Å². The molecule has 9 heteroatoms. The Morgan fingerprint density at radius 1 is 1.30 bits per heavy atom. The maximum absolute atomic E-state index is 11.4. The predicted octanol–water partition coefficient (Wildman–Crippen LogP) is 2.56. The lowest BCUT2D eigenvalue weighted by Crippen LogP contribution is -2.53. The van der Waals surface area contributed by atoms with Gasteiger partial charge in [0.25, 0.3) is 0 Å². The molecule has 27 heavy (non-hydrogen) atoms. The highest BCUT2D eigenvalue weighted by Crippen LogP contribution is 2.23. The van der Waals surface area contributed by atoms with Crippen LogP contribution in [0.3, 0.4) is 0 Å². The van der Waals surface area contributed by atoms with Crippen molar-refractivity contribution in [3.8, 4) is 0 Å². The average Bonchev–Trinajstić information content (AvgIpc) is 2.99. The standard InChI is InChI=1S/C18H31ClN4O2S2/c1-18(2,7-12-27(4,24)25)14-21-17(20-3)23-10-8-22(9-11-23)13-15-5-6-16(19)26-15/h5-6H,7-14H2,1-4H3,(H,20,21). The van der Waals surface area contributed by atoms with Crippen LogP contribution in [0.4, 0.5) is 0 Å². The molecular weight excluding hydrogens is 404 g/mol. The molecule has 0 amide bonds. The number of piperazine rings is 1. The summed E-state index contributed by atoms with van der Waals surface area (Å²) in [4.78, 5) is 10.4. The zero-order valence-corrected chi connectivity index (χ0v) is 19.1. The number of sulfone groups is 1. The predicted molar refractivity (Wildman–Crippen MR) is 116 cm³/mol. The van der Waals surface area contributed by atoms with Crippen LogP contribution in [-0.2, 0) is 16.4 Å². The third-order valence-electron chi connectivity index (χ3n) is 4.77. The van der Waals surface area contributed by atoms with Crippen molar-refractivity contribution in [3.05, 3.63) is 21.3 Å². The molecule has 6 nitrogen and oxygen atoms in total. The van der Waals surface area contributed by atoms with Gasteiger partial charge in [0.05, 0.1) is 10.1 Å². The first kappa shape index (κ1) is 22.5. The summed E-state index contributed by atoms with van der Waals surface area (Å²) in [5.74, 6) is 1.10. The maximum Gasteiger partial charge on any atom is 0.193 e. The van der Waals surface area contributed by atoms with Crippen LogP contribution < -0.4 is 5.32 Å². The molecule has 154 valence electrons. The lowest BCUT2D eigenvalue weighted by molar-refractivity contribution is 0.172. The fraction of sp³-hybridized carbons (Fsp3) is 0.722. The van der Waals surface area contributed by atoms with Gasteiger partial charge in [0, 0.05) is 57.4 Å². The Morgan fingerprint density at radius 2 is 1.96 bits per heavy atom. The number of rotatable bonds is 7. The van der Waals surface area contributed by atoms with E-state index < -0.39 is 9.84 Å². The lowest BCUT2D eigenvalue weighted by Gasteiger charge is -2.37. The van der Waals surface area contributed by atoms with E-state index in [1.54, 1.807) is 18.4 Å². The van der Waals surface area contributed by atoms with E-state index in [1.165, 1.54) is 11.1 Å². The molecule has 0 aliphatic carbocycles. The molecule has 1 N–H and O–H groups in total. The lowest BCUT2D eigenvalue weighted by atomic mass is 9.90. The average molecular weight is 435 g/mol. The molecule has 0 unspecified atom stereocenters. The second-order valence-corrected chi connectivity index (χ2v) is 12.0. The molecule has 0 spiro atoms. The Kier molecular flexibility index (Phi) is 7.97. The highest BCUT2D eigenvalue weighted by Gasteiger charge is 2.24. The van der Waals surface area contributed by atoms with E-state index in [9.17, 15) is 8.42 Å². The first-order valence-corrected chi connectivity index (χ1v) is 12.4. The van der Waals surface area contributed by atoms with Gasteiger partial charge in [-0.15, -0.1) is 11.3 Å². The highest BCUT2D eigenvalue weighted by atomic mass is 35.5. The zero-order valence-electron chi connectivity index (χ0n) is 16.7. The van der Waals surface area contributed by atoms with E-state index in [0.717, 1.165) is 43.0 Å². The second-order valence-electron chi connectivity index (χ2n) is 7.91. The molecule has 1 aromatic rings. The Hall–Kier alpha value is -0.830. The van der Waals surface area contributed by atoms with E-state index in [4.69, 9.17) is 11.6 Å². The van der Waals surface area contributed by atoms with E-state index in [0.29, 0.717) is 13.0 Å². The monoisotopic (exact) mass is 434 g/mol. The van der Waals surface area contributed by atoms with Crippen LogP contribution in [0.1, 0.15) is 25.1 Å². The van der Waals surface area contributed by atoms with E-state index in [1.807, 2.05) is 6.07 Å². The number of nitrogens with zero attached hydrogens (tertiary/aromatic N) is 3. The minimum atomic E-state index is -2.93. The number of hydrogen-bond acceptors (Lipinski definition) is 5. The van der Waals surface area contributed by atoms with Crippen molar-refractivity contribution < 1.29 is 8.42 Å². The molecule has 0 bridgehead atoms. The third-order valence-corrected chi connectivity index (χ3v) is 6.93. The fourth-order valence-electron chi connectivity index (χ4n) is 2.98. The minimum absolute atomic E-state index is 0.112. The van der Waals surface area contributed by atoms with Crippen molar-refractivity contribution >= 4 is 38.7 Å². The van der Waals surface area contributed by atoms with Gasteiger partial charge in [-0.25, -0.2) is 8.42 Å². The van der Waals surface area contributed by atoms with E-state index >= 15 is 0 Å². The topological polar surface area (TPSA) is 65.0 Å². The summed E-state index contributed by atoms with van der Waals surface area (Å²) in [6.07, 6.45) is 1.92. The number of thiophene rings is 1. The van der Waals surface area contributed by atoms with Gasteiger partial charge in [-0.2, -0.15) is 0 Å². The van der Waals surface area contributed by atoms with Gasteiger partial charge in [0.2, 0.25) is 0 Å². The van der Waals surface area contributed by atoms with Crippen molar-refractivity contribution in [1.82, 2.24) is 15.1 Å². The van der Waals surface area contributed by atoms with Crippen LogP contribution in [0, 0.1) is 5.41 Å². The molecule has 0 radical (unpaired) electrons. The largest absolute Gasteiger partial charge is 0.356 e. The van der Waals surface area contributed by atoms with Crippen LogP contribution in [0.5, 0.6) is 0 Å². The Bertz CT molecular complexity index is 738. The van der Waals surface area contributed by atoms with Crippen LogP contribution >= 0.6 is 22.9 Å². The molecule has 2 rings (SSSR count). The number of nitrogens with one attached hydrogen (secondary N) is 1. The smallest absolute Gasteiger partial charge is 0.193 e. The third kappa shape index (κ3) is 7.97. The van der Waals surface area contributed by atoms with Gasteiger partial charge in [0.1, 0.15) is 9.84 Å². The van der Waals surface area contributed by atoms with Crippen molar-refractivity contribution in [2.45, 2.75) is 26.8 Å².